The highest BCUT2D eigenvalue weighted by molar-refractivity contribution is 9.10. The number of amides is 1. The summed E-state index contributed by atoms with van der Waals surface area (Å²) in [7, 11) is 0. The van der Waals surface area contributed by atoms with Gasteiger partial charge in [0, 0.05) is 0 Å². The third kappa shape index (κ3) is 3.53. The van der Waals surface area contributed by atoms with E-state index in [1.54, 1.807) is 0 Å². The summed E-state index contributed by atoms with van der Waals surface area (Å²) < 4.78 is 6.17. The van der Waals surface area contributed by atoms with E-state index >= 15 is 0 Å². The van der Waals surface area contributed by atoms with Crippen LogP contribution >= 0.6 is 15.9 Å². The van der Waals surface area contributed by atoms with Crippen LogP contribution in [0.5, 0.6) is 5.75 Å². The van der Waals surface area contributed by atoms with E-state index in [1.807, 2.05) is 25.1 Å². The van der Waals surface area contributed by atoms with Crippen LogP contribution in [0.25, 0.3) is 0 Å². The smallest absolute Gasteiger partial charge is 0.237 e. The minimum Gasteiger partial charge on any atom is -0.490 e. The molecule has 0 aliphatic rings. The van der Waals surface area contributed by atoms with Gasteiger partial charge in [-0.3, -0.25) is 4.79 Å². The average Bonchev–Trinajstić information content (AvgIpc) is 2.15. The summed E-state index contributed by atoms with van der Waals surface area (Å²) in [5.41, 5.74) is 11.6. The molecule has 1 aromatic carbocycles. The number of carbonyl (C=O) groups excluding carboxylic acids is 1. The second-order valence-electron chi connectivity index (χ2n) is 3.25. The van der Waals surface area contributed by atoms with Crippen molar-refractivity contribution in [3.8, 4) is 5.75 Å². The molecular weight excluding hydrogens is 260 g/mol. The van der Waals surface area contributed by atoms with Crippen LogP contribution in [-0.2, 0) is 4.79 Å². The van der Waals surface area contributed by atoms with Crippen molar-refractivity contribution >= 4 is 21.8 Å². The van der Waals surface area contributed by atoms with Crippen LogP contribution in [0, 0.1) is 6.92 Å². The minimum atomic E-state index is -0.779. The molecule has 1 unspecified atom stereocenters. The second kappa shape index (κ2) is 5.14. The van der Waals surface area contributed by atoms with Gasteiger partial charge in [0.25, 0.3) is 0 Å². The predicted octanol–water partition coefficient (Wildman–Crippen LogP) is 0.949. The highest BCUT2D eigenvalue weighted by Crippen LogP contribution is 2.25. The fraction of sp³-hybridized carbons (Fsp3) is 0.300. The largest absolute Gasteiger partial charge is 0.490 e. The zero-order valence-corrected chi connectivity index (χ0v) is 9.95. The number of benzene rings is 1. The molecule has 0 aliphatic carbocycles. The Bertz CT molecular complexity index is 368. The number of nitrogens with two attached hydrogens (primary N) is 2. The molecule has 0 aromatic heterocycles. The number of hydrogen-bond donors (Lipinski definition) is 2. The van der Waals surface area contributed by atoms with Gasteiger partial charge >= 0.3 is 0 Å². The molecule has 0 saturated carbocycles. The summed E-state index contributed by atoms with van der Waals surface area (Å²) in [6.45, 7) is 2.06. The van der Waals surface area contributed by atoms with Crippen LogP contribution in [-0.4, -0.2) is 18.6 Å². The maximum absolute atomic E-state index is 10.7. The van der Waals surface area contributed by atoms with Gasteiger partial charge in [0.1, 0.15) is 18.4 Å². The molecular formula is C10H13BrN2O2. The number of ether oxygens (including phenoxy) is 1. The van der Waals surface area contributed by atoms with Gasteiger partial charge in [-0.25, -0.2) is 0 Å². The molecule has 82 valence electrons. The Hall–Kier alpha value is -1.07. The van der Waals surface area contributed by atoms with Crippen molar-refractivity contribution in [2.45, 2.75) is 13.0 Å². The Balaban J connectivity index is 2.62. The fourth-order valence-corrected chi connectivity index (χ4v) is 1.59. The highest BCUT2D eigenvalue weighted by atomic mass is 79.9. The molecule has 15 heavy (non-hydrogen) atoms. The molecule has 4 nitrogen and oxygen atoms in total. The van der Waals surface area contributed by atoms with Gasteiger partial charge in [0.2, 0.25) is 5.91 Å². The molecule has 0 saturated heterocycles. The Morgan fingerprint density at radius 1 is 1.60 bits per heavy atom. The third-order valence-electron chi connectivity index (χ3n) is 1.87. The lowest BCUT2D eigenvalue weighted by molar-refractivity contribution is -0.119. The molecule has 0 bridgehead atoms. The lowest BCUT2D eigenvalue weighted by Crippen LogP contribution is -2.41. The summed E-state index contributed by atoms with van der Waals surface area (Å²) in [6, 6.07) is 4.87. The fourth-order valence-electron chi connectivity index (χ4n) is 0.985. The zero-order valence-electron chi connectivity index (χ0n) is 8.37. The van der Waals surface area contributed by atoms with Crippen molar-refractivity contribution in [2.75, 3.05) is 6.61 Å². The van der Waals surface area contributed by atoms with Crippen molar-refractivity contribution in [3.63, 3.8) is 0 Å². The van der Waals surface area contributed by atoms with Crippen molar-refractivity contribution in [2.24, 2.45) is 11.5 Å². The van der Waals surface area contributed by atoms with Gasteiger partial charge < -0.3 is 16.2 Å². The molecule has 0 aliphatic heterocycles. The van der Waals surface area contributed by atoms with Crippen LogP contribution < -0.4 is 16.2 Å². The monoisotopic (exact) mass is 272 g/mol. The number of halogens is 1. The standard InChI is InChI=1S/C10H13BrN2O2/c1-6-2-3-9(7(11)4-6)15-5-8(12)10(13)14/h2-4,8H,5,12H2,1H3,(H2,13,14). The molecule has 5 heteroatoms. The topological polar surface area (TPSA) is 78.3 Å². The summed E-state index contributed by atoms with van der Waals surface area (Å²) in [5.74, 6) is 0.0792. The summed E-state index contributed by atoms with van der Waals surface area (Å²) in [5, 5.41) is 0. The first-order chi connectivity index (χ1) is 7.00. The molecule has 1 rings (SSSR count). The molecule has 1 atom stereocenters. The molecule has 0 heterocycles. The quantitative estimate of drug-likeness (QED) is 0.857. The van der Waals surface area contributed by atoms with Gasteiger partial charge in [0.15, 0.2) is 0 Å². The average molecular weight is 273 g/mol. The van der Waals surface area contributed by atoms with Crippen molar-refractivity contribution in [3.05, 3.63) is 28.2 Å². The van der Waals surface area contributed by atoms with Gasteiger partial charge in [-0.1, -0.05) is 6.07 Å². The Morgan fingerprint density at radius 2 is 2.27 bits per heavy atom. The Morgan fingerprint density at radius 3 is 2.80 bits per heavy atom. The van der Waals surface area contributed by atoms with Gasteiger partial charge in [-0.2, -0.15) is 0 Å². The molecule has 0 spiro atoms. The van der Waals surface area contributed by atoms with E-state index in [4.69, 9.17) is 16.2 Å². The van der Waals surface area contributed by atoms with Crippen LogP contribution in [0.4, 0.5) is 0 Å². The zero-order chi connectivity index (χ0) is 11.4. The van der Waals surface area contributed by atoms with E-state index in [-0.39, 0.29) is 6.61 Å². The van der Waals surface area contributed by atoms with E-state index in [9.17, 15) is 4.79 Å². The van der Waals surface area contributed by atoms with Crippen molar-refractivity contribution in [1.82, 2.24) is 0 Å². The van der Waals surface area contributed by atoms with Crippen LogP contribution in [0.2, 0.25) is 0 Å². The predicted molar refractivity (Wildman–Crippen MR) is 61.5 cm³/mol. The van der Waals surface area contributed by atoms with E-state index in [1.165, 1.54) is 0 Å². The van der Waals surface area contributed by atoms with Crippen LogP contribution in [0.15, 0.2) is 22.7 Å². The summed E-state index contributed by atoms with van der Waals surface area (Å²) in [4.78, 5) is 10.7. The maximum atomic E-state index is 10.7. The van der Waals surface area contributed by atoms with E-state index < -0.39 is 11.9 Å². The number of rotatable bonds is 4. The van der Waals surface area contributed by atoms with Crippen LogP contribution in [0.1, 0.15) is 5.56 Å². The van der Waals surface area contributed by atoms with Crippen molar-refractivity contribution < 1.29 is 9.53 Å². The third-order valence-corrected chi connectivity index (χ3v) is 2.49. The molecule has 4 N–H and O–H groups in total. The molecule has 0 radical (unpaired) electrons. The Kier molecular flexibility index (Phi) is 4.11. The molecule has 0 fully saturated rings. The number of primary amides is 1. The van der Waals surface area contributed by atoms with Crippen molar-refractivity contribution in [1.29, 1.82) is 0 Å². The Labute approximate surface area is 96.7 Å². The van der Waals surface area contributed by atoms with Gasteiger partial charge in [-0.05, 0) is 40.5 Å². The first-order valence-corrected chi connectivity index (χ1v) is 5.24. The highest BCUT2D eigenvalue weighted by Gasteiger charge is 2.10. The first kappa shape index (κ1) is 12.0. The summed E-state index contributed by atoms with van der Waals surface area (Å²) in [6.07, 6.45) is 0. The van der Waals surface area contributed by atoms with Gasteiger partial charge in [0.05, 0.1) is 4.47 Å². The second-order valence-corrected chi connectivity index (χ2v) is 4.11. The number of aryl methyl sites for hydroxylation is 1. The normalized spacial score (nSPS) is 12.2. The number of hydrogen-bond acceptors (Lipinski definition) is 3. The van der Waals surface area contributed by atoms with Crippen LogP contribution in [0.3, 0.4) is 0 Å². The SMILES string of the molecule is Cc1ccc(OCC(N)C(N)=O)c(Br)c1. The lowest BCUT2D eigenvalue weighted by atomic mass is 10.2. The van der Waals surface area contributed by atoms with Gasteiger partial charge in [-0.15, -0.1) is 0 Å². The van der Waals surface area contributed by atoms with E-state index in [0.29, 0.717) is 5.75 Å². The first-order valence-electron chi connectivity index (χ1n) is 4.44. The maximum Gasteiger partial charge on any atom is 0.237 e. The lowest BCUT2D eigenvalue weighted by Gasteiger charge is -2.11. The summed E-state index contributed by atoms with van der Waals surface area (Å²) >= 11 is 3.35. The minimum absolute atomic E-state index is 0.0804. The number of carbonyl (C=O) groups is 1. The molecule has 1 amide bonds. The van der Waals surface area contributed by atoms with E-state index in [2.05, 4.69) is 15.9 Å². The molecule has 1 aromatic rings. The van der Waals surface area contributed by atoms with E-state index in [0.717, 1.165) is 10.0 Å².